The molecular formula is C46H60N4O8. The lowest BCUT2D eigenvalue weighted by atomic mass is 9.86. The summed E-state index contributed by atoms with van der Waals surface area (Å²) in [7, 11) is 0. The number of carbonyl (C=O) groups excluding carboxylic acids is 1. The molecule has 12 heteroatoms. The SMILES string of the molecule is O=C(O)C(Cc1cccc(CCN(CCOCc2cccc(CC(C(=O)O)C3CCNC3)c2)C(=O)Cc2cccc(CC(C(=O)O)C3CCNC3)c2)c1)C1CCNC1. The molecule has 6 N–H and O–H groups in total. The Kier molecular flexibility index (Phi) is 15.9. The maximum Gasteiger partial charge on any atom is 0.307 e. The average Bonchev–Trinajstić information content (AvgIpc) is 4.04. The first-order valence-corrected chi connectivity index (χ1v) is 21.0. The summed E-state index contributed by atoms with van der Waals surface area (Å²) in [6.07, 6.45) is 4.62. The molecule has 0 bridgehead atoms. The molecule has 312 valence electrons. The molecule has 58 heavy (non-hydrogen) atoms. The summed E-state index contributed by atoms with van der Waals surface area (Å²) >= 11 is 0. The molecular weight excluding hydrogens is 737 g/mol. The number of carboxylic acid groups (broad SMARTS) is 3. The van der Waals surface area contributed by atoms with Crippen molar-refractivity contribution in [2.45, 2.75) is 58.0 Å². The smallest absolute Gasteiger partial charge is 0.307 e. The number of hydrogen-bond donors (Lipinski definition) is 6. The summed E-state index contributed by atoms with van der Waals surface area (Å²) < 4.78 is 6.14. The number of ether oxygens (including phenoxy) is 1. The van der Waals surface area contributed by atoms with Gasteiger partial charge in [0.15, 0.2) is 0 Å². The van der Waals surface area contributed by atoms with Crippen LogP contribution in [0, 0.1) is 35.5 Å². The fraction of sp³-hybridized carbons (Fsp3) is 0.522. The van der Waals surface area contributed by atoms with E-state index >= 15 is 0 Å². The normalized spacial score (nSPS) is 20.7. The zero-order chi connectivity index (χ0) is 40.9. The van der Waals surface area contributed by atoms with Gasteiger partial charge in [-0.3, -0.25) is 19.2 Å². The second-order valence-corrected chi connectivity index (χ2v) is 16.5. The summed E-state index contributed by atoms with van der Waals surface area (Å²) in [5, 5.41) is 39.8. The van der Waals surface area contributed by atoms with E-state index < -0.39 is 35.7 Å². The standard InChI is InChI=1S/C46H60N4O8/c51-43(26-35-8-2-6-33(21-35)24-41(45(54)55)38-11-15-48-28-38)50(17-13-31-4-1-5-32(20-31)23-40(44(52)53)37-10-14-47-27-37)18-19-58-30-36-9-3-7-34(22-36)25-42(46(56)57)39-12-16-49-29-39/h1-9,20-22,37-42,47-49H,10-19,23-30H2,(H,52,53)(H,54,55)(H,56,57). The summed E-state index contributed by atoms with van der Waals surface area (Å²) in [6, 6.07) is 23.6. The molecule has 1 amide bonds. The number of nitrogens with zero attached hydrogens (tertiary/aromatic N) is 1. The minimum atomic E-state index is -0.794. The number of carboxylic acids is 3. The van der Waals surface area contributed by atoms with Crippen molar-refractivity contribution >= 4 is 23.8 Å². The molecule has 3 aliphatic heterocycles. The van der Waals surface area contributed by atoms with Crippen LogP contribution in [-0.4, -0.2) is 103 Å². The molecule has 0 aliphatic carbocycles. The monoisotopic (exact) mass is 796 g/mol. The number of carbonyl (C=O) groups is 4. The molecule has 3 aliphatic rings. The number of benzene rings is 3. The zero-order valence-electron chi connectivity index (χ0n) is 33.5. The molecule has 3 fully saturated rings. The predicted molar refractivity (Wildman–Crippen MR) is 220 cm³/mol. The third kappa shape index (κ3) is 12.4. The highest BCUT2D eigenvalue weighted by atomic mass is 16.5. The third-order valence-electron chi connectivity index (χ3n) is 12.4. The molecule has 6 atom stereocenters. The van der Waals surface area contributed by atoms with Gasteiger partial charge in [0.05, 0.1) is 37.4 Å². The number of aliphatic carboxylic acids is 3. The van der Waals surface area contributed by atoms with Crippen LogP contribution >= 0.6 is 0 Å². The van der Waals surface area contributed by atoms with Crippen molar-refractivity contribution in [3.8, 4) is 0 Å². The van der Waals surface area contributed by atoms with Crippen molar-refractivity contribution in [3.05, 3.63) is 106 Å². The van der Waals surface area contributed by atoms with Gasteiger partial charge in [-0.15, -0.1) is 0 Å². The molecule has 0 spiro atoms. The van der Waals surface area contributed by atoms with Crippen LogP contribution < -0.4 is 16.0 Å². The predicted octanol–water partition coefficient (Wildman–Crippen LogP) is 4.08. The van der Waals surface area contributed by atoms with Crippen LogP contribution in [0.15, 0.2) is 72.8 Å². The maximum atomic E-state index is 14.0. The van der Waals surface area contributed by atoms with Gasteiger partial charge in [-0.1, -0.05) is 72.8 Å². The van der Waals surface area contributed by atoms with Gasteiger partial charge in [0.1, 0.15) is 0 Å². The molecule has 6 unspecified atom stereocenters. The lowest BCUT2D eigenvalue weighted by molar-refractivity contribution is -0.144. The fourth-order valence-corrected chi connectivity index (χ4v) is 9.09. The number of amides is 1. The molecule has 3 aromatic rings. The van der Waals surface area contributed by atoms with Crippen molar-refractivity contribution in [1.82, 2.24) is 20.9 Å². The Balaban J connectivity index is 1.10. The van der Waals surface area contributed by atoms with Crippen LogP contribution in [0.5, 0.6) is 0 Å². The van der Waals surface area contributed by atoms with E-state index in [1.807, 2.05) is 71.6 Å². The number of rotatable bonds is 22. The van der Waals surface area contributed by atoms with Crippen LogP contribution in [0.25, 0.3) is 0 Å². The van der Waals surface area contributed by atoms with E-state index in [9.17, 15) is 34.5 Å². The lowest BCUT2D eigenvalue weighted by Crippen LogP contribution is -2.37. The molecule has 0 aromatic heterocycles. The summed E-state index contributed by atoms with van der Waals surface area (Å²) in [4.78, 5) is 52.3. The van der Waals surface area contributed by atoms with E-state index in [-0.39, 0.29) is 30.1 Å². The second-order valence-electron chi connectivity index (χ2n) is 16.5. The fourth-order valence-electron chi connectivity index (χ4n) is 9.09. The summed E-state index contributed by atoms with van der Waals surface area (Å²) in [5.41, 5.74) is 5.64. The molecule has 0 saturated carbocycles. The van der Waals surface area contributed by atoms with Crippen LogP contribution in [0.3, 0.4) is 0 Å². The molecule has 6 rings (SSSR count). The summed E-state index contributed by atoms with van der Waals surface area (Å²) in [6.45, 7) is 6.07. The first-order chi connectivity index (χ1) is 28.1. The van der Waals surface area contributed by atoms with Gasteiger partial charge < -0.3 is 40.9 Å². The van der Waals surface area contributed by atoms with Crippen molar-refractivity contribution in [2.75, 3.05) is 59.0 Å². The van der Waals surface area contributed by atoms with Crippen LogP contribution in [-0.2, 0) is 62.6 Å². The van der Waals surface area contributed by atoms with Gasteiger partial charge in [0, 0.05) is 13.1 Å². The minimum Gasteiger partial charge on any atom is -0.481 e. The van der Waals surface area contributed by atoms with Crippen LogP contribution in [0.4, 0.5) is 0 Å². The zero-order valence-corrected chi connectivity index (χ0v) is 33.5. The van der Waals surface area contributed by atoms with E-state index in [1.165, 1.54) is 0 Å². The first kappa shape index (κ1) is 43.0. The largest absolute Gasteiger partial charge is 0.481 e. The quantitative estimate of drug-likeness (QED) is 0.0809. The Morgan fingerprint density at radius 3 is 1.45 bits per heavy atom. The Labute approximate surface area is 341 Å². The van der Waals surface area contributed by atoms with Crippen molar-refractivity contribution in [3.63, 3.8) is 0 Å². The Bertz CT molecular complexity index is 1840. The van der Waals surface area contributed by atoms with Gasteiger partial charge in [0.25, 0.3) is 0 Å². The van der Waals surface area contributed by atoms with Crippen LogP contribution in [0.1, 0.15) is 52.6 Å². The minimum absolute atomic E-state index is 0.0607. The van der Waals surface area contributed by atoms with E-state index in [2.05, 4.69) is 22.0 Å². The molecule has 3 saturated heterocycles. The highest BCUT2D eigenvalue weighted by Crippen LogP contribution is 2.27. The van der Waals surface area contributed by atoms with Gasteiger partial charge in [-0.05, 0) is 135 Å². The van der Waals surface area contributed by atoms with E-state index in [4.69, 9.17) is 4.74 Å². The second kappa shape index (κ2) is 21.4. The summed E-state index contributed by atoms with van der Waals surface area (Å²) in [5.74, 6) is -3.51. The highest BCUT2D eigenvalue weighted by Gasteiger charge is 2.33. The molecule has 3 heterocycles. The molecule has 12 nitrogen and oxygen atoms in total. The van der Waals surface area contributed by atoms with Gasteiger partial charge in [-0.25, -0.2) is 0 Å². The number of hydrogen-bond acceptors (Lipinski definition) is 8. The van der Waals surface area contributed by atoms with Crippen molar-refractivity contribution < 1.29 is 39.2 Å². The average molecular weight is 797 g/mol. The van der Waals surface area contributed by atoms with Crippen molar-refractivity contribution in [1.29, 1.82) is 0 Å². The number of nitrogens with one attached hydrogen (secondary N) is 3. The molecule has 3 aromatic carbocycles. The molecule has 0 radical (unpaired) electrons. The third-order valence-corrected chi connectivity index (χ3v) is 12.4. The van der Waals surface area contributed by atoms with Gasteiger partial charge in [-0.2, -0.15) is 0 Å². The highest BCUT2D eigenvalue weighted by molar-refractivity contribution is 5.79. The van der Waals surface area contributed by atoms with Gasteiger partial charge in [0.2, 0.25) is 5.91 Å². The Morgan fingerprint density at radius 2 is 1.00 bits per heavy atom. The van der Waals surface area contributed by atoms with E-state index in [0.717, 1.165) is 78.8 Å². The van der Waals surface area contributed by atoms with Crippen LogP contribution in [0.2, 0.25) is 0 Å². The topological polar surface area (TPSA) is 178 Å². The van der Waals surface area contributed by atoms with Gasteiger partial charge >= 0.3 is 17.9 Å². The Morgan fingerprint density at radius 1 is 0.586 bits per heavy atom. The first-order valence-electron chi connectivity index (χ1n) is 21.0. The van der Waals surface area contributed by atoms with E-state index in [1.54, 1.807) is 0 Å². The van der Waals surface area contributed by atoms with E-state index in [0.29, 0.717) is 65.1 Å². The lowest BCUT2D eigenvalue weighted by Gasteiger charge is -2.24. The van der Waals surface area contributed by atoms with Crippen molar-refractivity contribution in [2.24, 2.45) is 35.5 Å². The maximum absolute atomic E-state index is 14.0. The Hall–Kier alpha value is -4.62.